The molecule has 3 aromatic rings. The summed E-state index contributed by atoms with van der Waals surface area (Å²) >= 11 is 3.42. The van der Waals surface area contributed by atoms with Gasteiger partial charge in [0, 0.05) is 17.6 Å². The van der Waals surface area contributed by atoms with Crippen molar-refractivity contribution in [1.29, 1.82) is 0 Å². The van der Waals surface area contributed by atoms with Gasteiger partial charge in [-0.05, 0) is 36.9 Å². The summed E-state index contributed by atoms with van der Waals surface area (Å²) in [6.07, 6.45) is 0. The Morgan fingerprint density at radius 1 is 1.07 bits per heavy atom. The minimum absolute atomic E-state index is 0.143. The summed E-state index contributed by atoms with van der Waals surface area (Å²) in [5.74, 6) is -0.0545. The van der Waals surface area contributed by atoms with E-state index in [1.54, 1.807) is 17.0 Å². The lowest BCUT2D eigenvalue weighted by molar-refractivity contribution is 0.0708. The van der Waals surface area contributed by atoms with E-state index in [1.807, 2.05) is 36.4 Å². The molecule has 0 fully saturated rings. The normalized spacial score (nSPS) is 16.1. The fourth-order valence-corrected chi connectivity index (χ4v) is 4.36. The Hall–Kier alpha value is -2.44. The van der Waals surface area contributed by atoms with Crippen LogP contribution in [0, 0.1) is 0 Å². The van der Waals surface area contributed by atoms with Crippen LogP contribution in [0.1, 0.15) is 41.6 Å². The van der Waals surface area contributed by atoms with Crippen LogP contribution >= 0.6 is 15.9 Å². The van der Waals surface area contributed by atoms with Crippen molar-refractivity contribution in [3.05, 3.63) is 80.1 Å². The first-order valence-electron chi connectivity index (χ1n) is 9.89. The second-order valence-corrected chi connectivity index (χ2v) is 8.07. The number of carbonyl (C=O) groups excluding carboxylic acids is 1. The number of benzene rings is 2. The molecule has 1 amide bonds. The van der Waals surface area contributed by atoms with Crippen LogP contribution in [0.2, 0.25) is 0 Å². The van der Waals surface area contributed by atoms with Crippen molar-refractivity contribution in [3.63, 3.8) is 0 Å². The van der Waals surface area contributed by atoms with Gasteiger partial charge in [-0.2, -0.15) is 0 Å². The largest absolute Gasteiger partial charge is 0.450 e. The first-order chi connectivity index (χ1) is 14.0. The highest BCUT2D eigenvalue weighted by Crippen LogP contribution is 2.38. The summed E-state index contributed by atoms with van der Waals surface area (Å²) in [7, 11) is 0. The zero-order valence-electron chi connectivity index (χ0n) is 16.5. The molecule has 0 radical (unpaired) electrons. The molecule has 0 saturated heterocycles. The van der Waals surface area contributed by atoms with Gasteiger partial charge in [0.25, 0.3) is 5.91 Å². The molecule has 0 saturated carbocycles. The number of likely N-dealkylation sites (N-methyl/N-ethyl adjacent to an activating group) is 1. The van der Waals surface area contributed by atoms with E-state index in [1.165, 1.54) is 0 Å². The summed E-state index contributed by atoms with van der Waals surface area (Å²) in [5, 5.41) is 0.484. The van der Waals surface area contributed by atoms with Gasteiger partial charge in [-0.1, -0.05) is 60.1 Å². The Labute approximate surface area is 178 Å². The van der Waals surface area contributed by atoms with E-state index in [9.17, 15) is 9.59 Å². The summed E-state index contributed by atoms with van der Waals surface area (Å²) in [5.41, 5.74) is 1.64. The average Bonchev–Trinajstić information content (AvgIpc) is 3.02. The van der Waals surface area contributed by atoms with Crippen LogP contribution in [0.4, 0.5) is 0 Å². The van der Waals surface area contributed by atoms with Crippen LogP contribution in [0.25, 0.3) is 11.0 Å². The molecule has 2 aromatic carbocycles. The molecule has 150 valence electrons. The van der Waals surface area contributed by atoms with Crippen molar-refractivity contribution in [1.82, 2.24) is 9.80 Å². The molecule has 0 spiro atoms. The van der Waals surface area contributed by atoms with Crippen LogP contribution in [0.5, 0.6) is 0 Å². The number of amides is 1. The van der Waals surface area contributed by atoms with Gasteiger partial charge in [-0.25, -0.2) is 0 Å². The van der Waals surface area contributed by atoms with Gasteiger partial charge in [0.1, 0.15) is 5.58 Å². The maximum absolute atomic E-state index is 13.4. The van der Waals surface area contributed by atoms with Crippen LogP contribution in [0.3, 0.4) is 0 Å². The van der Waals surface area contributed by atoms with E-state index in [2.05, 4.69) is 34.7 Å². The van der Waals surface area contributed by atoms with Gasteiger partial charge in [-0.15, -0.1) is 0 Å². The van der Waals surface area contributed by atoms with Crippen molar-refractivity contribution >= 4 is 32.8 Å². The Morgan fingerprint density at radius 2 is 1.79 bits per heavy atom. The highest BCUT2D eigenvalue weighted by Gasteiger charge is 2.42. The second kappa shape index (κ2) is 8.13. The number of halogens is 1. The highest BCUT2D eigenvalue weighted by atomic mass is 79.9. The third kappa shape index (κ3) is 3.51. The number of nitrogens with zero attached hydrogens (tertiary/aromatic N) is 2. The minimum atomic E-state index is -0.436. The fourth-order valence-electron chi connectivity index (χ4n) is 3.99. The molecule has 1 aliphatic rings. The van der Waals surface area contributed by atoms with E-state index in [-0.39, 0.29) is 17.1 Å². The van der Waals surface area contributed by atoms with Gasteiger partial charge in [0.15, 0.2) is 5.43 Å². The summed E-state index contributed by atoms with van der Waals surface area (Å²) in [6, 6.07) is 14.6. The Bertz CT molecular complexity index is 1110. The lowest BCUT2D eigenvalue weighted by Crippen LogP contribution is -2.37. The summed E-state index contributed by atoms with van der Waals surface area (Å²) in [4.78, 5) is 30.8. The molecule has 1 aliphatic heterocycles. The average molecular weight is 455 g/mol. The third-order valence-corrected chi connectivity index (χ3v) is 6.09. The first kappa shape index (κ1) is 19.9. The zero-order valence-corrected chi connectivity index (χ0v) is 18.1. The van der Waals surface area contributed by atoms with Crippen molar-refractivity contribution in [2.75, 3.05) is 26.2 Å². The molecule has 0 aliphatic carbocycles. The SMILES string of the molecule is CCN(CC)CCN1C(=O)c2oc3ccc(Br)cc3c(=O)c2[C@H]1c1ccccc1. The van der Waals surface area contributed by atoms with Gasteiger partial charge < -0.3 is 14.2 Å². The van der Waals surface area contributed by atoms with E-state index < -0.39 is 6.04 Å². The third-order valence-electron chi connectivity index (χ3n) is 5.59. The monoisotopic (exact) mass is 454 g/mol. The molecular weight excluding hydrogens is 432 g/mol. The molecule has 2 heterocycles. The van der Waals surface area contributed by atoms with Gasteiger partial charge in [0.05, 0.1) is 17.0 Å². The summed E-state index contributed by atoms with van der Waals surface area (Å²) < 4.78 is 6.77. The molecule has 4 rings (SSSR count). The highest BCUT2D eigenvalue weighted by molar-refractivity contribution is 9.10. The molecular formula is C23H23BrN2O3. The van der Waals surface area contributed by atoms with Crippen molar-refractivity contribution in [2.45, 2.75) is 19.9 Å². The molecule has 0 unspecified atom stereocenters. The van der Waals surface area contributed by atoms with E-state index >= 15 is 0 Å². The van der Waals surface area contributed by atoms with E-state index in [0.717, 1.165) is 29.7 Å². The number of carbonyl (C=O) groups is 1. The lowest BCUT2D eigenvalue weighted by Gasteiger charge is -2.28. The van der Waals surface area contributed by atoms with Gasteiger partial charge in [-0.3, -0.25) is 9.59 Å². The maximum atomic E-state index is 13.4. The molecule has 1 atom stereocenters. The van der Waals surface area contributed by atoms with Crippen molar-refractivity contribution in [2.24, 2.45) is 0 Å². The Kier molecular flexibility index (Phi) is 5.56. The molecule has 6 heteroatoms. The number of fused-ring (bicyclic) bond motifs is 2. The second-order valence-electron chi connectivity index (χ2n) is 7.15. The standard InChI is InChI=1S/C23H23BrN2O3/c1-3-25(4-2)12-13-26-20(15-8-6-5-7-9-15)19-21(27)17-14-16(24)10-11-18(17)29-22(19)23(26)28/h5-11,14,20H,3-4,12-13H2,1-2H3/t20-/m1/s1. The van der Waals surface area contributed by atoms with Crippen LogP contribution in [-0.4, -0.2) is 41.9 Å². The van der Waals surface area contributed by atoms with Crippen LogP contribution < -0.4 is 5.43 Å². The van der Waals surface area contributed by atoms with E-state index in [4.69, 9.17) is 4.42 Å². The minimum Gasteiger partial charge on any atom is -0.450 e. The molecule has 0 bridgehead atoms. The van der Waals surface area contributed by atoms with Gasteiger partial charge >= 0.3 is 0 Å². The number of rotatable bonds is 6. The zero-order chi connectivity index (χ0) is 20.5. The van der Waals surface area contributed by atoms with Crippen molar-refractivity contribution < 1.29 is 9.21 Å². The van der Waals surface area contributed by atoms with Crippen LogP contribution in [-0.2, 0) is 0 Å². The number of hydrogen-bond acceptors (Lipinski definition) is 4. The topological polar surface area (TPSA) is 53.8 Å². The summed E-state index contributed by atoms with van der Waals surface area (Å²) in [6.45, 7) is 7.31. The predicted octanol–water partition coefficient (Wildman–Crippen LogP) is 4.44. The maximum Gasteiger partial charge on any atom is 0.290 e. The molecule has 1 aromatic heterocycles. The molecule has 5 nitrogen and oxygen atoms in total. The Morgan fingerprint density at radius 3 is 2.48 bits per heavy atom. The molecule has 29 heavy (non-hydrogen) atoms. The number of hydrogen-bond donors (Lipinski definition) is 0. The lowest BCUT2D eigenvalue weighted by atomic mass is 9.98. The van der Waals surface area contributed by atoms with E-state index in [0.29, 0.717) is 23.1 Å². The first-order valence-corrected chi connectivity index (χ1v) is 10.7. The quantitative estimate of drug-likeness (QED) is 0.552. The fraction of sp³-hybridized carbons (Fsp3) is 0.304. The Balaban J connectivity index is 1.87. The van der Waals surface area contributed by atoms with Crippen LogP contribution in [0.15, 0.2) is 62.2 Å². The van der Waals surface area contributed by atoms with Crippen molar-refractivity contribution in [3.8, 4) is 0 Å². The predicted molar refractivity (Wildman–Crippen MR) is 117 cm³/mol. The molecule has 0 N–H and O–H groups in total. The smallest absolute Gasteiger partial charge is 0.290 e. The van der Waals surface area contributed by atoms with Gasteiger partial charge in [0.2, 0.25) is 5.76 Å².